The molecule has 0 bridgehead atoms. The molecule has 0 unspecified atom stereocenters. The Morgan fingerprint density at radius 2 is 1.85 bits per heavy atom. The molecule has 0 saturated carbocycles. The molecule has 0 aromatic heterocycles. The van der Waals surface area contributed by atoms with Gasteiger partial charge in [0.2, 0.25) is 5.91 Å². The lowest BCUT2D eigenvalue weighted by Crippen LogP contribution is -2.46. The molecule has 1 saturated heterocycles. The first-order chi connectivity index (χ1) is 12.4. The Morgan fingerprint density at radius 3 is 2.38 bits per heavy atom. The zero-order valence-corrected chi connectivity index (χ0v) is 16.2. The molecular formula is C21H30N2O3. The summed E-state index contributed by atoms with van der Waals surface area (Å²) in [6.45, 7) is 9.66. The lowest BCUT2D eigenvalue weighted by molar-refractivity contribution is -0.117. The van der Waals surface area contributed by atoms with E-state index >= 15 is 0 Å². The van der Waals surface area contributed by atoms with Crippen LogP contribution in [0.15, 0.2) is 30.3 Å². The van der Waals surface area contributed by atoms with E-state index in [0.717, 1.165) is 24.0 Å². The Kier molecular flexibility index (Phi) is 7.25. The van der Waals surface area contributed by atoms with Crippen molar-refractivity contribution in [3.05, 3.63) is 41.5 Å². The van der Waals surface area contributed by atoms with Gasteiger partial charge in [0.05, 0.1) is 6.61 Å². The number of aryl methyl sites for hydroxylation is 1. The molecule has 142 valence electrons. The molecule has 2 rings (SSSR count). The van der Waals surface area contributed by atoms with E-state index in [2.05, 4.69) is 50.4 Å². The van der Waals surface area contributed by atoms with Gasteiger partial charge in [-0.25, -0.2) is 4.79 Å². The number of allylic oxidation sites excluding steroid dienone is 1. The normalized spacial score (nSPS) is 15.9. The van der Waals surface area contributed by atoms with Crippen LogP contribution in [-0.2, 0) is 9.53 Å². The van der Waals surface area contributed by atoms with Crippen LogP contribution in [0.2, 0.25) is 0 Å². The van der Waals surface area contributed by atoms with E-state index in [1.54, 1.807) is 17.9 Å². The summed E-state index contributed by atoms with van der Waals surface area (Å²) in [4.78, 5) is 25.9. The van der Waals surface area contributed by atoms with Crippen molar-refractivity contribution < 1.29 is 14.3 Å². The number of rotatable bonds is 5. The van der Waals surface area contributed by atoms with E-state index in [1.165, 1.54) is 5.56 Å². The lowest BCUT2D eigenvalue weighted by Gasteiger charge is -2.31. The summed E-state index contributed by atoms with van der Waals surface area (Å²) in [6.07, 6.45) is 2.95. The van der Waals surface area contributed by atoms with E-state index in [1.807, 2.05) is 0 Å². The monoisotopic (exact) mass is 358 g/mol. The summed E-state index contributed by atoms with van der Waals surface area (Å²) in [5.41, 5.74) is 3.32. The van der Waals surface area contributed by atoms with Crippen molar-refractivity contribution in [1.29, 1.82) is 0 Å². The minimum Gasteiger partial charge on any atom is -0.450 e. The third-order valence-electron chi connectivity index (χ3n) is 4.66. The molecule has 1 aromatic rings. The second-order valence-electron chi connectivity index (χ2n) is 7.09. The highest BCUT2D eigenvalue weighted by atomic mass is 16.6. The largest absolute Gasteiger partial charge is 0.450 e. The molecular weight excluding hydrogens is 328 g/mol. The van der Waals surface area contributed by atoms with Gasteiger partial charge in [-0.05, 0) is 43.7 Å². The highest BCUT2D eigenvalue weighted by molar-refractivity contribution is 5.95. The summed E-state index contributed by atoms with van der Waals surface area (Å²) in [6, 6.07) is 8.35. The maximum atomic E-state index is 12.5. The summed E-state index contributed by atoms with van der Waals surface area (Å²) in [5.74, 6) is 0.193. The van der Waals surface area contributed by atoms with Gasteiger partial charge in [-0.1, -0.05) is 43.7 Å². The number of hydrogen-bond acceptors (Lipinski definition) is 3. The van der Waals surface area contributed by atoms with Crippen LogP contribution >= 0.6 is 0 Å². The number of piperidine rings is 1. The van der Waals surface area contributed by atoms with Crippen LogP contribution in [0.4, 0.5) is 4.79 Å². The fourth-order valence-electron chi connectivity index (χ4n) is 3.13. The molecule has 1 aromatic carbocycles. The molecule has 26 heavy (non-hydrogen) atoms. The van der Waals surface area contributed by atoms with E-state index in [4.69, 9.17) is 4.74 Å². The number of benzene rings is 1. The fraction of sp³-hybridized carbons (Fsp3) is 0.524. The predicted octanol–water partition coefficient (Wildman–Crippen LogP) is 3.77. The van der Waals surface area contributed by atoms with Gasteiger partial charge in [-0.15, -0.1) is 0 Å². The van der Waals surface area contributed by atoms with Crippen LogP contribution in [0.25, 0.3) is 5.57 Å². The highest BCUT2D eigenvalue weighted by Crippen LogP contribution is 2.23. The zero-order chi connectivity index (χ0) is 19.1. The van der Waals surface area contributed by atoms with Gasteiger partial charge in [0, 0.05) is 25.2 Å². The van der Waals surface area contributed by atoms with Crippen molar-refractivity contribution in [1.82, 2.24) is 10.2 Å². The molecule has 1 aliphatic heterocycles. The second kappa shape index (κ2) is 9.41. The Morgan fingerprint density at radius 1 is 1.23 bits per heavy atom. The third-order valence-corrected chi connectivity index (χ3v) is 4.66. The third kappa shape index (κ3) is 5.61. The van der Waals surface area contributed by atoms with Gasteiger partial charge < -0.3 is 15.0 Å². The van der Waals surface area contributed by atoms with Crippen LogP contribution in [0.5, 0.6) is 0 Å². The molecule has 1 aliphatic rings. The number of hydrogen-bond donors (Lipinski definition) is 1. The smallest absolute Gasteiger partial charge is 0.409 e. The van der Waals surface area contributed by atoms with Crippen molar-refractivity contribution >= 4 is 17.6 Å². The topological polar surface area (TPSA) is 58.6 Å². The van der Waals surface area contributed by atoms with Gasteiger partial charge >= 0.3 is 6.09 Å². The zero-order valence-electron chi connectivity index (χ0n) is 16.2. The van der Waals surface area contributed by atoms with Gasteiger partial charge in [-0.3, -0.25) is 4.79 Å². The van der Waals surface area contributed by atoms with Crippen LogP contribution in [0.3, 0.4) is 0 Å². The Balaban J connectivity index is 1.95. The van der Waals surface area contributed by atoms with Crippen molar-refractivity contribution in [3.63, 3.8) is 0 Å². The van der Waals surface area contributed by atoms with E-state index < -0.39 is 0 Å². The Hall–Kier alpha value is -2.30. The SMILES string of the molecule is CCOC(=O)N1CCC(NC(=O)/C=C(/c2ccc(C)cc2)C(C)C)CC1. The summed E-state index contributed by atoms with van der Waals surface area (Å²) in [7, 11) is 0. The number of amides is 2. The van der Waals surface area contributed by atoms with Crippen molar-refractivity contribution in [2.45, 2.75) is 46.6 Å². The molecule has 0 radical (unpaired) electrons. The summed E-state index contributed by atoms with van der Waals surface area (Å²) >= 11 is 0. The van der Waals surface area contributed by atoms with E-state index in [9.17, 15) is 9.59 Å². The van der Waals surface area contributed by atoms with Crippen molar-refractivity contribution in [2.24, 2.45) is 5.92 Å². The number of nitrogens with zero attached hydrogens (tertiary/aromatic N) is 1. The summed E-state index contributed by atoms with van der Waals surface area (Å²) < 4.78 is 5.02. The average molecular weight is 358 g/mol. The maximum Gasteiger partial charge on any atom is 0.409 e. The van der Waals surface area contributed by atoms with Crippen LogP contribution < -0.4 is 5.32 Å². The first-order valence-corrected chi connectivity index (χ1v) is 9.41. The number of likely N-dealkylation sites (tertiary alicyclic amines) is 1. The molecule has 0 aliphatic carbocycles. The maximum absolute atomic E-state index is 12.5. The molecule has 1 fully saturated rings. The number of ether oxygens (including phenoxy) is 1. The first kappa shape index (κ1) is 20.0. The minimum absolute atomic E-state index is 0.0659. The number of carbonyl (C=O) groups is 2. The van der Waals surface area contributed by atoms with Gasteiger partial charge in [0.15, 0.2) is 0 Å². The summed E-state index contributed by atoms with van der Waals surface area (Å²) in [5, 5.41) is 3.08. The van der Waals surface area contributed by atoms with Crippen LogP contribution in [0.1, 0.15) is 44.7 Å². The fourth-order valence-corrected chi connectivity index (χ4v) is 3.13. The molecule has 2 amide bonds. The average Bonchev–Trinajstić information content (AvgIpc) is 2.61. The molecule has 0 spiro atoms. The Bertz CT molecular complexity index is 642. The number of carbonyl (C=O) groups excluding carboxylic acids is 2. The minimum atomic E-state index is -0.265. The molecule has 1 heterocycles. The quantitative estimate of drug-likeness (QED) is 0.815. The van der Waals surface area contributed by atoms with Crippen molar-refractivity contribution in [3.8, 4) is 0 Å². The first-order valence-electron chi connectivity index (χ1n) is 9.41. The van der Waals surface area contributed by atoms with Gasteiger partial charge in [0.25, 0.3) is 0 Å². The molecule has 5 nitrogen and oxygen atoms in total. The van der Waals surface area contributed by atoms with E-state index in [0.29, 0.717) is 19.7 Å². The van der Waals surface area contributed by atoms with Crippen LogP contribution in [-0.4, -0.2) is 42.6 Å². The van der Waals surface area contributed by atoms with Gasteiger partial charge in [-0.2, -0.15) is 0 Å². The molecule has 0 atom stereocenters. The van der Waals surface area contributed by atoms with Gasteiger partial charge in [0.1, 0.15) is 0 Å². The van der Waals surface area contributed by atoms with E-state index in [-0.39, 0.29) is 24.0 Å². The molecule has 5 heteroatoms. The highest BCUT2D eigenvalue weighted by Gasteiger charge is 2.24. The number of nitrogens with one attached hydrogen (secondary N) is 1. The lowest BCUT2D eigenvalue weighted by atomic mass is 9.94. The van der Waals surface area contributed by atoms with Crippen molar-refractivity contribution in [2.75, 3.05) is 19.7 Å². The second-order valence-corrected chi connectivity index (χ2v) is 7.09. The van der Waals surface area contributed by atoms with Crippen LogP contribution in [0, 0.1) is 12.8 Å². The predicted molar refractivity (Wildman–Crippen MR) is 104 cm³/mol. The Labute approximate surface area is 156 Å². The molecule has 1 N–H and O–H groups in total. The standard InChI is InChI=1S/C21H30N2O3/c1-5-26-21(25)23-12-10-18(11-13-23)22-20(24)14-19(15(2)3)17-8-6-16(4)7-9-17/h6-9,14-15,18H,5,10-13H2,1-4H3,(H,22,24)/b19-14+.